The van der Waals surface area contributed by atoms with Gasteiger partial charge in [-0.1, -0.05) is 36.4 Å². The van der Waals surface area contributed by atoms with Crippen LogP contribution in [0.4, 0.5) is 0 Å². The monoisotopic (exact) mass is 378 g/mol. The third kappa shape index (κ3) is 5.52. The summed E-state index contributed by atoms with van der Waals surface area (Å²) >= 11 is 0. The van der Waals surface area contributed by atoms with Gasteiger partial charge in [0, 0.05) is 31.1 Å². The number of nitrogens with one attached hydrogen (secondary N) is 1. The van der Waals surface area contributed by atoms with E-state index in [2.05, 4.69) is 41.4 Å². The zero-order valence-electron chi connectivity index (χ0n) is 16.9. The van der Waals surface area contributed by atoms with Crippen molar-refractivity contribution in [2.75, 3.05) is 19.6 Å². The maximum atomic E-state index is 12.1. The van der Waals surface area contributed by atoms with E-state index in [4.69, 9.17) is 0 Å². The van der Waals surface area contributed by atoms with Gasteiger partial charge in [0.1, 0.15) is 5.78 Å². The van der Waals surface area contributed by atoms with Crippen LogP contribution in [0.2, 0.25) is 0 Å². The molecular weight excluding hydrogens is 348 g/mol. The Bertz CT molecular complexity index is 796. The molecule has 1 saturated heterocycles. The van der Waals surface area contributed by atoms with Crippen molar-refractivity contribution in [3.05, 3.63) is 59.7 Å². The first-order chi connectivity index (χ1) is 13.5. The highest BCUT2D eigenvalue weighted by atomic mass is 16.1. The van der Waals surface area contributed by atoms with E-state index in [0.29, 0.717) is 18.5 Å². The molecule has 1 amide bonds. The third-order valence-corrected chi connectivity index (χ3v) is 5.58. The first-order valence-corrected chi connectivity index (χ1v) is 10.2. The van der Waals surface area contributed by atoms with Gasteiger partial charge in [-0.05, 0) is 68.5 Å². The number of hydrogen-bond donors (Lipinski definition) is 1. The third-order valence-electron chi connectivity index (χ3n) is 5.58. The zero-order valence-corrected chi connectivity index (χ0v) is 16.9. The van der Waals surface area contributed by atoms with Crippen LogP contribution in [0.3, 0.4) is 0 Å². The molecule has 1 aliphatic rings. The summed E-state index contributed by atoms with van der Waals surface area (Å²) in [6.45, 7) is 6.60. The van der Waals surface area contributed by atoms with E-state index >= 15 is 0 Å². The summed E-state index contributed by atoms with van der Waals surface area (Å²) in [4.78, 5) is 25.6. The van der Waals surface area contributed by atoms with Gasteiger partial charge in [0.25, 0.3) is 5.91 Å². The van der Waals surface area contributed by atoms with Crippen molar-refractivity contribution in [3.63, 3.8) is 0 Å². The second-order valence-corrected chi connectivity index (χ2v) is 7.76. The van der Waals surface area contributed by atoms with Crippen LogP contribution >= 0.6 is 0 Å². The normalized spacial score (nSPS) is 16.9. The topological polar surface area (TPSA) is 49.4 Å². The molecule has 1 aliphatic heterocycles. The summed E-state index contributed by atoms with van der Waals surface area (Å²) in [6.07, 6.45) is 4.10. The number of Topliss-reactive ketones (excluding diaryl/α,β-unsaturated/α-hetero) is 1. The fourth-order valence-electron chi connectivity index (χ4n) is 3.73. The van der Waals surface area contributed by atoms with E-state index in [1.807, 2.05) is 24.3 Å². The molecule has 0 unspecified atom stereocenters. The Balaban J connectivity index is 1.54. The van der Waals surface area contributed by atoms with Crippen molar-refractivity contribution in [1.82, 2.24) is 10.2 Å². The molecule has 0 aliphatic carbocycles. The Hall–Kier alpha value is -2.46. The lowest BCUT2D eigenvalue weighted by Crippen LogP contribution is -2.28. The number of nitrogens with zero attached hydrogens (tertiary/aromatic N) is 1. The van der Waals surface area contributed by atoms with Crippen molar-refractivity contribution < 1.29 is 9.59 Å². The standard InChI is InChI=1S/C24H30N2O2/c1-18-4-3-16-26(18)17-14-20-5-7-21(8-6-20)22-9-11-23(12-10-22)24(28)25-15-13-19(2)27/h5-12,18H,3-4,13-17H2,1-2H3,(H,25,28)/t18-/m1/s1. The Labute approximate surface area is 167 Å². The van der Waals surface area contributed by atoms with Crippen molar-refractivity contribution in [3.8, 4) is 11.1 Å². The maximum Gasteiger partial charge on any atom is 0.251 e. The number of ketones is 1. The van der Waals surface area contributed by atoms with Crippen molar-refractivity contribution >= 4 is 11.7 Å². The van der Waals surface area contributed by atoms with Gasteiger partial charge in [-0.2, -0.15) is 0 Å². The van der Waals surface area contributed by atoms with Gasteiger partial charge in [-0.25, -0.2) is 0 Å². The molecule has 148 valence electrons. The maximum absolute atomic E-state index is 12.1. The molecule has 1 fully saturated rings. The molecule has 1 atom stereocenters. The molecule has 0 aromatic heterocycles. The minimum Gasteiger partial charge on any atom is -0.352 e. The number of carbonyl (C=O) groups excluding carboxylic acids is 2. The van der Waals surface area contributed by atoms with Gasteiger partial charge in [0.05, 0.1) is 0 Å². The average Bonchev–Trinajstić information content (AvgIpc) is 3.11. The van der Waals surface area contributed by atoms with Gasteiger partial charge >= 0.3 is 0 Å². The van der Waals surface area contributed by atoms with Gasteiger partial charge in [0.2, 0.25) is 0 Å². The molecule has 1 N–H and O–H groups in total. The van der Waals surface area contributed by atoms with Gasteiger partial charge < -0.3 is 10.2 Å². The van der Waals surface area contributed by atoms with Crippen molar-refractivity contribution in [2.24, 2.45) is 0 Å². The highest BCUT2D eigenvalue weighted by Crippen LogP contribution is 2.22. The minimum atomic E-state index is -0.140. The smallest absolute Gasteiger partial charge is 0.251 e. The highest BCUT2D eigenvalue weighted by Gasteiger charge is 2.19. The SMILES string of the molecule is CC(=O)CCNC(=O)c1ccc(-c2ccc(CCN3CCC[C@H]3C)cc2)cc1. The van der Waals surface area contributed by atoms with E-state index in [1.165, 1.54) is 31.9 Å². The van der Waals surface area contributed by atoms with E-state index in [9.17, 15) is 9.59 Å². The molecule has 0 saturated carbocycles. The van der Waals surface area contributed by atoms with Crippen LogP contribution in [0.1, 0.15) is 49.0 Å². The predicted octanol–water partition coefficient (Wildman–Crippen LogP) is 4.09. The van der Waals surface area contributed by atoms with Gasteiger partial charge in [0.15, 0.2) is 0 Å². The number of likely N-dealkylation sites (tertiary alicyclic amines) is 1. The van der Waals surface area contributed by atoms with Crippen LogP contribution in [0.15, 0.2) is 48.5 Å². The van der Waals surface area contributed by atoms with Crippen LogP contribution in [-0.4, -0.2) is 42.3 Å². The number of rotatable bonds is 8. The van der Waals surface area contributed by atoms with E-state index in [1.54, 1.807) is 0 Å². The fraction of sp³-hybridized carbons (Fsp3) is 0.417. The lowest BCUT2D eigenvalue weighted by Gasteiger charge is -2.20. The van der Waals surface area contributed by atoms with E-state index in [0.717, 1.165) is 30.1 Å². The molecule has 28 heavy (non-hydrogen) atoms. The fourth-order valence-corrected chi connectivity index (χ4v) is 3.73. The molecule has 3 rings (SSSR count). The van der Waals surface area contributed by atoms with Crippen molar-refractivity contribution in [2.45, 2.75) is 45.6 Å². The molecule has 2 aromatic rings. The minimum absolute atomic E-state index is 0.0778. The Morgan fingerprint density at radius 3 is 2.25 bits per heavy atom. The summed E-state index contributed by atoms with van der Waals surface area (Å²) in [5.41, 5.74) is 4.23. The van der Waals surface area contributed by atoms with E-state index in [-0.39, 0.29) is 11.7 Å². The zero-order chi connectivity index (χ0) is 19.9. The van der Waals surface area contributed by atoms with Crippen molar-refractivity contribution in [1.29, 1.82) is 0 Å². The summed E-state index contributed by atoms with van der Waals surface area (Å²) in [7, 11) is 0. The molecule has 2 aromatic carbocycles. The molecule has 0 bridgehead atoms. The van der Waals surface area contributed by atoms with E-state index < -0.39 is 0 Å². The van der Waals surface area contributed by atoms with Gasteiger partial charge in [-0.15, -0.1) is 0 Å². The second kappa shape index (κ2) is 9.65. The predicted molar refractivity (Wildman–Crippen MR) is 113 cm³/mol. The average molecular weight is 379 g/mol. The van der Waals surface area contributed by atoms with Crippen LogP contribution in [0.5, 0.6) is 0 Å². The quantitative estimate of drug-likeness (QED) is 0.753. The van der Waals surface area contributed by atoms with Crippen LogP contribution < -0.4 is 5.32 Å². The Morgan fingerprint density at radius 1 is 1.04 bits per heavy atom. The molecule has 0 spiro atoms. The summed E-state index contributed by atoms with van der Waals surface area (Å²) in [5.74, 6) is -0.0617. The van der Waals surface area contributed by atoms with Crippen LogP contribution in [-0.2, 0) is 11.2 Å². The Morgan fingerprint density at radius 2 is 1.68 bits per heavy atom. The van der Waals surface area contributed by atoms with Crippen LogP contribution in [0.25, 0.3) is 11.1 Å². The molecular formula is C24H30N2O2. The second-order valence-electron chi connectivity index (χ2n) is 7.76. The lowest BCUT2D eigenvalue weighted by atomic mass is 10.0. The number of hydrogen-bond acceptors (Lipinski definition) is 3. The lowest BCUT2D eigenvalue weighted by molar-refractivity contribution is -0.116. The molecule has 1 heterocycles. The van der Waals surface area contributed by atoms with Crippen LogP contribution in [0, 0.1) is 0 Å². The summed E-state index contributed by atoms with van der Waals surface area (Å²) in [6, 6.07) is 17.1. The van der Waals surface area contributed by atoms with Gasteiger partial charge in [-0.3, -0.25) is 9.59 Å². The molecule has 4 heteroatoms. The summed E-state index contributed by atoms with van der Waals surface area (Å²) in [5, 5.41) is 2.77. The number of carbonyl (C=O) groups is 2. The number of benzene rings is 2. The first-order valence-electron chi connectivity index (χ1n) is 10.2. The molecule has 4 nitrogen and oxygen atoms in total. The largest absolute Gasteiger partial charge is 0.352 e. The first kappa shape index (κ1) is 20.3. The Kier molecular flexibility index (Phi) is 6.99. The summed E-state index contributed by atoms with van der Waals surface area (Å²) < 4.78 is 0. The number of amides is 1. The highest BCUT2D eigenvalue weighted by molar-refractivity contribution is 5.94. The molecule has 0 radical (unpaired) electrons.